The average Bonchev–Trinajstić information content (AvgIpc) is 2.35. The number of piperidine rings is 1. The zero-order chi connectivity index (χ0) is 14.8. The van der Waals surface area contributed by atoms with E-state index < -0.39 is 0 Å². The van der Waals surface area contributed by atoms with Crippen LogP contribution in [-0.4, -0.2) is 35.1 Å². The van der Waals surface area contributed by atoms with E-state index in [1.807, 2.05) is 13.8 Å². The zero-order valence-electron chi connectivity index (χ0n) is 13.5. The summed E-state index contributed by atoms with van der Waals surface area (Å²) >= 11 is 0. The van der Waals surface area contributed by atoms with Crippen LogP contribution in [0.5, 0.6) is 0 Å². The van der Waals surface area contributed by atoms with Gasteiger partial charge in [-0.25, -0.2) is 9.97 Å². The second kappa shape index (κ2) is 6.08. The van der Waals surface area contributed by atoms with Crippen molar-refractivity contribution in [1.82, 2.24) is 15.3 Å². The lowest BCUT2D eigenvalue weighted by molar-refractivity contribution is 0.328. The van der Waals surface area contributed by atoms with E-state index in [0.29, 0.717) is 0 Å². The van der Waals surface area contributed by atoms with Gasteiger partial charge in [-0.05, 0) is 59.9 Å². The molecule has 4 nitrogen and oxygen atoms in total. The van der Waals surface area contributed by atoms with Crippen molar-refractivity contribution in [2.45, 2.75) is 53.0 Å². The largest absolute Gasteiger partial charge is 0.356 e. The van der Waals surface area contributed by atoms with Crippen LogP contribution in [0.3, 0.4) is 0 Å². The molecule has 0 saturated carbocycles. The molecule has 112 valence electrons. The molecule has 1 aliphatic rings. The van der Waals surface area contributed by atoms with Gasteiger partial charge < -0.3 is 10.2 Å². The Hall–Kier alpha value is -1.16. The summed E-state index contributed by atoms with van der Waals surface area (Å²) in [5.41, 5.74) is 1.28. The van der Waals surface area contributed by atoms with E-state index in [1.54, 1.807) is 0 Å². The number of hydrogen-bond acceptors (Lipinski definition) is 4. The maximum atomic E-state index is 4.57. The molecule has 1 aliphatic heterocycles. The Balaban J connectivity index is 1.88. The Morgan fingerprint density at radius 1 is 1.20 bits per heavy atom. The molecule has 1 aromatic rings. The fourth-order valence-electron chi connectivity index (χ4n) is 2.68. The number of hydrogen-bond donors (Lipinski definition) is 1. The molecule has 1 N–H and O–H groups in total. The van der Waals surface area contributed by atoms with Crippen molar-refractivity contribution >= 4 is 5.82 Å². The lowest BCUT2D eigenvalue weighted by atomic mass is 9.95. The predicted octanol–water partition coefficient (Wildman–Crippen LogP) is 2.70. The minimum atomic E-state index is 0.220. The molecular weight excluding hydrogens is 248 g/mol. The van der Waals surface area contributed by atoms with Crippen LogP contribution in [0, 0.1) is 19.8 Å². The van der Waals surface area contributed by atoms with E-state index in [1.165, 1.54) is 12.8 Å². The first-order chi connectivity index (χ1) is 9.33. The van der Waals surface area contributed by atoms with Gasteiger partial charge in [-0.2, -0.15) is 0 Å². The Labute approximate surface area is 123 Å². The third-order valence-electron chi connectivity index (χ3n) is 3.81. The van der Waals surface area contributed by atoms with Crippen LogP contribution in [0.4, 0.5) is 5.82 Å². The van der Waals surface area contributed by atoms with Gasteiger partial charge >= 0.3 is 0 Å². The molecule has 0 spiro atoms. The smallest absolute Gasteiger partial charge is 0.132 e. The fourth-order valence-corrected chi connectivity index (χ4v) is 2.68. The van der Waals surface area contributed by atoms with Gasteiger partial charge in [-0.1, -0.05) is 0 Å². The summed E-state index contributed by atoms with van der Waals surface area (Å²) in [4.78, 5) is 11.3. The van der Waals surface area contributed by atoms with Gasteiger partial charge in [-0.3, -0.25) is 0 Å². The quantitative estimate of drug-likeness (QED) is 0.921. The highest BCUT2D eigenvalue weighted by Crippen LogP contribution is 2.22. The Bertz CT molecular complexity index is 422. The van der Waals surface area contributed by atoms with E-state index in [0.717, 1.165) is 42.9 Å². The molecule has 20 heavy (non-hydrogen) atoms. The topological polar surface area (TPSA) is 41.0 Å². The van der Waals surface area contributed by atoms with E-state index >= 15 is 0 Å². The monoisotopic (exact) mass is 276 g/mol. The van der Waals surface area contributed by atoms with E-state index in [9.17, 15) is 0 Å². The second-order valence-electron chi connectivity index (χ2n) is 6.98. The number of rotatable bonds is 3. The van der Waals surface area contributed by atoms with Gasteiger partial charge in [-0.15, -0.1) is 0 Å². The maximum Gasteiger partial charge on any atom is 0.132 e. The molecule has 1 fully saturated rings. The molecule has 0 bridgehead atoms. The summed E-state index contributed by atoms with van der Waals surface area (Å²) in [6, 6.07) is 2.10. The van der Waals surface area contributed by atoms with E-state index in [2.05, 4.69) is 47.0 Å². The lowest BCUT2D eigenvalue weighted by Gasteiger charge is -2.34. The summed E-state index contributed by atoms with van der Waals surface area (Å²) in [5, 5.41) is 3.62. The van der Waals surface area contributed by atoms with E-state index in [4.69, 9.17) is 0 Å². The second-order valence-corrected chi connectivity index (χ2v) is 6.98. The van der Waals surface area contributed by atoms with Gasteiger partial charge in [0.2, 0.25) is 0 Å². The normalized spacial score (nSPS) is 17.6. The van der Waals surface area contributed by atoms with Crippen molar-refractivity contribution in [2.24, 2.45) is 5.92 Å². The SMILES string of the molecule is Cc1cc(N2CCC(CNC(C)(C)C)CC2)nc(C)n1. The summed E-state index contributed by atoms with van der Waals surface area (Å²) < 4.78 is 0. The van der Waals surface area contributed by atoms with Crippen LogP contribution >= 0.6 is 0 Å². The van der Waals surface area contributed by atoms with Gasteiger partial charge in [0.1, 0.15) is 11.6 Å². The standard InChI is InChI=1S/C16H28N4/c1-12-10-15(19-13(2)18-12)20-8-6-14(7-9-20)11-17-16(3,4)5/h10,14,17H,6-9,11H2,1-5H3. The summed E-state index contributed by atoms with van der Waals surface area (Å²) in [6.45, 7) is 14.0. The highest BCUT2D eigenvalue weighted by Gasteiger charge is 2.21. The van der Waals surface area contributed by atoms with Gasteiger partial charge in [0.25, 0.3) is 0 Å². The Morgan fingerprint density at radius 3 is 2.40 bits per heavy atom. The van der Waals surface area contributed by atoms with Crippen LogP contribution < -0.4 is 10.2 Å². The highest BCUT2D eigenvalue weighted by atomic mass is 15.2. The Kier molecular flexibility index (Phi) is 4.63. The number of anilines is 1. The summed E-state index contributed by atoms with van der Waals surface area (Å²) in [7, 11) is 0. The molecule has 0 aliphatic carbocycles. The van der Waals surface area contributed by atoms with Crippen molar-refractivity contribution in [2.75, 3.05) is 24.5 Å². The van der Waals surface area contributed by atoms with Crippen molar-refractivity contribution in [1.29, 1.82) is 0 Å². The van der Waals surface area contributed by atoms with Crippen molar-refractivity contribution in [3.8, 4) is 0 Å². The van der Waals surface area contributed by atoms with E-state index in [-0.39, 0.29) is 5.54 Å². The van der Waals surface area contributed by atoms with Gasteiger partial charge in [0, 0.05) is 30.4 Å². The first-order valence-electron chi connectivity index (χ1n) is 7.66. The summed E-state index contributed by atoms with van der Waals surface area (Å²) in [5.74, 6) is 2.75. The first kappa shape index (κ1) is 15.2. The van der Waals surface area contributed by atoms with Crippen LogP contribution in [0.2, 0.25) is 0 Å². The fraction of sp³-hybridized carbons (Fsp3) is 0.750. The van der Waals surface area contributed by atoms with Crippen LogP contribution in [0.1, 0.15) is 45.1 Å². The molecule has 4 heteroatoms. The number of nitrogens with one attached hydrogen (secondary N) is 1. The maximum absolute atomic E-state index is 4.57. The number of nitrogens with zero attached hydrogens (tertiary/aromatic N) is 3. The third kappa shape index (κ3) is 4.44. The average molecular weight is 276 g/mol. The molecule has 0 aromatic carbocycles. The number of aryl methyl sites for hydroxylation is 2. The molecule has 0 unspecified atom stereocenters. The molecule has 0 amide bonds. The van der Waals surface area contributed by atoms with Crippen LogP contribution in [-0.2, 0) is 0 Å². The van der Waals surface area contributed by atoms with Crippen LogP contribution in [0.15, 0.2) is 6.07 Å². The zero-order valence-corrected chi connectivity index (χ0v) is 13.5. The lowest BCUT2D eigenvalue weighted by Crippen LogP contribution is -2.43. The predicted molar refractivity (Wildman–Crippen MR) is 84.2 cm³/mol. The number of aromatic nitrogens is 2. The minimum absolute atomic E-state index is 0.220. The van der Waals surface area contributed by atoms with Gasteiger partial charge in [0.05, 0.1) is 0 Å². The molecular formula is C16H28N4. The first-order valence-corrected chi connectivity index (χ1v) is 7.66. The molecule has 2 rings (SSSR count). The van der Waals surface area contributed by atoms with Gasteiger partial charge in [0.15, 0.2) is 0 Å². The minimum Gasteiger partial charge on any atom is -0.356 e. The van der Waals surface area contributed by atoms with Crippen molar-refractivity contribution in [3.05, 3.63) is 17.6 Å². The molecule has 0 atom stereocenters. The molecule has 0 radical (unpaired) electrons. The molecule has 1 aromatic heterocycles. The van der Waals surface area contributed by atoms with Crippen LogP contribution in [0.25, 0.3) is 0 Å². The summed E-state index contributed by atoms with van der Waals surface area (Å²) in [6.07, 6.45) is 2.48. The van der Waals surface area contributed by atoms with Crippen molar-refractivity contribution < 1.29 is 0 Å². The molecule has 1 saturated heterocycles. The Morgan fingerprint density at radius 2 is 1.85 bits per heavy atom. The highest BCUT2D eigenvalue weighted by molar-refractivity contribution is 5.40. The van der Waals surface area contributed by atoms with Crippen molar-refractivity contribution in [3.63, 3.8) is 0 Å². The third-order valence-corrected chi connectivity index (χ3v) is 3.81. The molecule has 2 heterocycles.